The molecule has 6 heteroatoms. The first-order valence-electron chi connectivity index (χ1n) is 10.1. The Morgan fingerprint density at radius 1 is 1.19 bits per heavy atom. The van der Waals surface area contributed by atoms with E-state index in [9.17, 15) is 4.79 Å². The van der Waals surface area contributed by atoms with Crippen LogP contribution in [0.3, 0.4) is 0 Å². The van der Waals surface area contributed by atoms with Gasteiger partial charge in [0.1, 0.15) is 11.6 Å². The molecule has 0 bridgehead atoms. The monoisotopic (exact) mass is 359 g/mol. The molecule has 1 atom stereocenters. The highest BCUT2D eigenvalue weighted by molar-refractivity contribution is 5.78. The first-order valence-corrected chi connectivity index (χ1v) is 10.1. The van der Waals surface area contributed by atoms with Crippen LogP contribution in [0.4, 0.5) is 5.82 Å². The average Bonchev–Trinajstić information content (AvgIpc) is 2.63. The number of piperidine rings is 1. The summed E-state index contributed by atoms with van der Waals surface area (Å²) in [5, 5.41) is 0. The van der Waals surface area contributed by atoms with Crippen molar-refractivity contribution in [1.29, 1.82) is 0 Å². The summed E-state index contributed by atoms with van der Waals surface area (Å²) >= 11 is 0. The molecule has 0 aromatic carbocycles. The number of carbonyl (C=O) groups excluding carboxylic acids is 1. The molecular formula is C20H33N5O. The van der Waals surface area contributed by atoms with Crippen molar-refractivity contribution in [2.45, 2.75) is 52.4 Å². The van der Waals surface area contributed by atoms with Crippen molar-refractivity contribution in [3.63, 3.8) is 0 Å². The topological polar surface area (TPSA) is 52.6 Å². The van der Waals surface area contributed by atoms with Crippen LogP contribution in [0.1, 0.15) is 56.1 Å². The Morgan fingerprint density at radius 3 is 2.69 bits per heavy atom. The van der Waals surface area contributed by atoms with Gasteiger partial charge >= 0.3 is 0 Å². The quantitative estimate of drug-likeness (QED) is 0.807. The van der Waals surface area contributed by atoms with E-state index in [1.165, 1.54) is 12.0 Å². The van der Waals surface area contributed by atoms with E-state index in [1.807, 2.05) is 18.7 Å². The second-order valence-corrected chi connectivity index (χ2v) is 7.63. The van der Waals surface area contributed by atoms with Crippen LogP contribution in [0.2, 0.25) is 0 Å². The highest BCUT2D eigenvalue weighted by atomic mass is 16.2. The molecule has 0 unspecified atom stereocenters. The SMILES string of the molecule is CCN(CC)C(=O)CN1CCC[C@H](c2nc(C)c3c(n2)N(C)CCC3)C1. The molecule has 0 aliphatic carbocycles. The normalized spacial score (nSPS) is 20.8. The Balaban J connectivity index is 1.73. The summed E-state index contributed by atoms with van der Waals surface area (Å²) < 4.78 is 0. The maximum absolute atomic E-state index is 12.5. The van der Waals surface area contributed by atoms with E-state index in [2.05, 4.69) is 23.8 Å². The molecule has 1 saturated heterocycles. The standard InChI is InChI=1S/C20H33N5O/c1-5-25(6-2)18(26)14-24-12-7-9-16(13-24)19-21-15(3)17-10-8-11-23(4)20(17)22-19/h16H,5-14H2,1-4H3/t16-/m0/s1. The zero-order valence-corrected chi connectivity index (χ0v) is 16.8. The van der Waals surface area contributed by atoms with Crippen LogP contribution < -0.4 is 4.90 Å². The number of nitrogens with zero attached hydrogens (tertiary/aromatic N) is 5. The van der Waals surface area contributed by atoms with Crippen molar-refractivity contribution in [3.8, 4) is 0 Å². The number of anilines is 1. The molecule has 3 rings (SSSR count). The number of amides is 1. The van der Waals surface area contributed by atoms with Crippen LogP contribution in [0.5, 0.6) is 0 Å². The number of aromatic nitrogens is 2. The number of aryl methyl sites for hydroxylation is 1. The van der Waals surface area contributed by atoms with Gasteiger partial charge in [-0.3, -0.25) is 9.69 Å². The summed E-state index contributed by atoms with van der Waals surface area (Å²) in [6.45, 7) is 11.2. The Bertz CT molecular complexity index is 643. The zero-order valence-electron chi connectivity index (χ0n) is 16.8. The lowest BCUT2D eigenvalue weighted by atomic mass is 9.96. The number of fused-ring (bicyclic) bond motifs is 1. The summed E-state index contributed by atoms with van der Waals surface area (Å²) in [6.07, 6.45) is 4.47. The van der Waals surface area contributed by atoms with Crippen LogP contribution in [0.25, 0.3) is 0 Å². The van der Waals surface area contributed by atoms with Crippen molar-refractivity contribution in [1.82, 2.24) is 19.8 Å². The Kier molecular flexibility index (Phi) is 6.12. The predicted molar refractivity (Wildman–Crippen MR) is 105 cm³/mol. The van der Waals surface area contributed by atoms with Gasteiger partial charge in [-0.15, -0.1) is 0 Å². The largest absolute Gasteiger partial charge is 0.359 e. The van der Waals surface area contributed by atoms with Gasteiger partial charge < -0.3 is 9.80 Å². The third kappa shape index (κ3) is 4.00. The van der Waals surface area contributed by atoms with Gasteiger partial charge in [0.15, 0.2) is 0 Å². The van der Waals surface area contributed by atoms with Gasteiger partial charge in [-0.25, -0.2) is 9.97 Å². The van der Waals surface area contributed by atoms with Gasteiger partial charge in [-0.2, -0.15) is 0 Å². The third-order valence-electron chi connectivity index (χ3n) is 5.84. The Morgan fingerprint density at radius 2 is 1.96 bits per heavy atom. The first kappa shape index (κ1) is 19.1. The number of carbonyl (C=O) groups is 1. The molecule has 0 N–H and O–H groups in total. The molecule has 3 heterocycles. The van der Waals surface area contributed by atoms with Crippen LogP contribution in [-0.4, -0.2) is 72.0 Å². The van der Waals surface area contributed by atoms with E-state index in [0.717, 1.165) is 69.3 Å². The summed E-state index contributed by atoms with van der Waals surface area (Å²) in [5.41, 5.74) is 2.44. The van der Waals surface area contributed by atoms with Crippen molar-refractivity contribution < 1.29 is 4.79 Å². The second-order valence-electron chi connectivity index (χ2n) is 7.63. The molecular weight excluding hydrogens is 326 g/mol. The minimum absolute atomic E-state index is 0.234. The summed E-state index contributed by atoms with van der Waals surface area (Å²) in [5.74, 6) is 2.65. The van der Waals surface area contributed by atoms with E-state index in [1.54, 1.807) is 0 Å². The molecule has 0 spiro atoms. The van der Waals surface area contributed by atoms with Gasteiger partial charge in [-0.05, 0) is 53.0 Å². The molecule has 1 amide bonds. The molecule has 26 heavy (non-hydrogen) atoms. The molecule has 1 aromatic rings. The highest BCUT2D eigenvalue weighted by Gasteiger charge is 2.28. The molecule has 0 saturated carbocycles. The molecule has 6 nitrogen and oxygen atoms in total. The minimum Gasteiger partial charge on any atom is -0.359 e. The summed E-state index contributed by atoms with van der Waals surface area (Å²) in [4.78, 5) is 28.7. The highest BCUT2D eigenvalue weighted by Crippen LogP contribution is 2.30. The molecule has 2 aliphatic heterocycles. The Hall–Kier alpha value is -1.69. The van der Waals surface area contributed by atoms with Crippen LogP contribution in [-0.2, 0) is 11.2 Å². The van der Waals surface area contributed by atoms with Crippen molar-refractivity contribution in [2.75, 3.05) is 51.2 Å². The van der Waals surface area contributed by atoms with E-state index >= 15 is 0 Å². The number of hydrogen-bond donors (Lipinski definition) is 0. The molecule has 1 aromatic heterocycles. The van der Waals surface area contributed by atoms with E-state index in [0.29, 0.717) is 12.5 Å². The van der Waals surface area contributed by atoms with Crippen LogP contribution in [0, 0.1) is 6.92 Å². The summed E-state index contributed by atoms with van der Waals surface area (Å²) in [6, 6.07) is 0. The van der Waals surface area contributed by atoms with Crippen molar-refractivity contribution in [3.05, 3.63) is 17.1 Å². The molecule has 1 fully saturated rings. The van der Waals surface area contributed by atoms with Gasteiger partial charge in [0.05, 0.1) is 6.54 Å². The zero-order chi connectivity index (χ0) is 18.7. The van der Waals surface area contributed by atoms with Crippen LogP contribution >= 0.6 is 0 Å². The number of likely N-dealkylation sites (N-methyl/N-ethyl adjacent to an activating group) is 1. The van der Waals surface area contributed by atoms with Gasteiger partial charge in [0.2, 0.25) is 5.91 Å². The average molecular weight is 360 g/mol. The van der Waals surface area contributed by atoms with Crippen molar-refractivity contribution in [2.24, 2.45) is 0 Å². The van der Waals surface area contributed by atoms with E-state index in [-0.39, 0.29) is 5.91 Å². The van der Waals surface area contributed by atoms with E-state index in [4.69, 9.17) is 9.97 Å². The molecule has 0 radical (unpaired) electrons. The summed E-state index contributed by atoms with van der Waals surface area (Å²) in [7, 11) is 2.13. The predicted octanol–water partition coefficient (Wildman–Crippen LogP) is 2.22. The van der Waals surface area contributed by atoms with Gasteiger partial charge in [0.25, 0.3) is 0 Å². The maximum Gasteiger partial charge on any atom is 0.236 e. The fourth-order valence-corrected chi connectivity index (χ4v) is 4.27. The minimum atomic E-state index is 0.234. The first-order chi connectivity index (χ1) is 12.5. The number of hydrogen-bond acceptors (Lipinski definition) is 5. The second kappa shape index (κ2) is 8.33. The van der Waals surface area contributed by atoms with Gasteiger partial charge in [0, 0.05) is 50.4 Å². The fraction of sp³-hybridized carbons (Fsp3) is 0.750. The van der Waals surface area contributed by atoms with Gasteiger partial charge in [-0.1, -0.05) is 0 Å². The molecule has 2 aliphatic rings. The van der Waals surface area contributed by atoms with Crippen molar-refractivity contribution >= 4 is 11.7 Å². The Labute approximate surface area is 157 Å². The van der Waals surface area contributed by atoms with E-state index < -0.39 is 0 Å². The number of likely N-dealkylation sites (tertiary alicyclic amines) is 1. The smallest absolute Gasteiger partial charge is 0.236 e. The fourth-order valence-electron chi connectivity index (χ4n) is 4.27. The van der Waals surface area contributed by atoms with Crippen LogP contribution in [0.15, 0.2) is 0 Å². The lowest BCUT2D eigenvalue weighted by Crippen LogP contribution is -2.44. The molecule has 144 valence electrons. The lowest BCUT2D eigenvalue weighted by Gasteiger charge is -2.34. The number of rotatable bonds is 5. The lowest BCUT2D eigenvalue weighted by molar-refractivity contribution is -0.132. The third-order valence-corrected chi connectivity index (χ3v) is 5.84. The maximum atomic E-state index is 12.5.